The van der Waals surface area contributed by atoms with Gasteiger partial charge in [0, 0.05) is 5.54 Å². The molecule has 0 aromatic heterocycles. The summed E-state index contributed by atoms with van der Waals surface area (Å²) < 4.78 is 0. The Morgan fingerprint density at radius 2 is 1.81 bits per heavy atom. The van der Waals surface area contributed by atoms with E-state index >= 15 is 0 Å². The summed E-state index contributed by atoms with van der Waals surface area (Å²) in [5, 5.41) is 0. The van der Waals surface area contributed by atoms with E-state index in [0.717, 1.165) is 24.7 Å². The highest BCUT2D eigenvalue weighted by atomic mass is 14.8. The molecule has 1 nitrogen and oxygen atoms in total. The quantitative estimate of drug-likeness (QED) is 0.806. The molecule has 88 valence electrons. The lowest BCUT2D eigenvalue weighted by Gasteiger charge is -2.47. The summed E-state index contributed by atoms with van der Waals surface area (Å²) in [5.41, 5.74) is 10.5. The summed E-state index contributed by atoms with van der Waals surface area (Å²) in [4.78, 5) is 0. The molecule has 1 fully saturated rings. The van der Waals surface area contributed by atoms with Crippen molar-refractivity contribution in [3.8, 4) is 0 Å². The molecule has 1 aromatic carbocycles. The van der Waals surface area contributed by atoms with Gasteiger partial charge in [-0.05, 0) is 55.2 Å². The van der Waals surface area contributed by atoms with Crippen LogP contribution in [0, 0.1) is 25.7 Å². The molecule has 0 amide bonds. The lowest BCUT2D eigenvalue weighted by atomic mass is 9.61. The van der Waals surface area contributed by atoms with Crippen molar-refractivity contribution in [2.45, 2.75) is 46.1 Å². The topological polar surface area (TPSA) is 26.0 Å². The molecular weight excluding hydrogens is 194 g/mol. The maximum atomic E-state index is 6.47. The van der Waals surface area contributed by atoms with Crippen LogP contribution in [0.1, 0.15) is 43.4 Å². The van der Waals surface area contributed by atoms with E-state index in [1.165, 1.54) is 16.7 Å². The average molecular weight is 217 g/mol. The number of hydrogen-bond donors (Lipinski definition) is 1. The highest BCUT2D eigenvalue weighted by Crippen LogP contribution is 2.47. The summed E-state index contributed by atoms with van der Waals surface area (Å²) in [6, 6.07) is 6.67. The molecule has 1 aliphatic rings. The summed E-state index contributed by atoms with van der Waals surface area (Å²) in [6.45, 7) is 8.91. The SMILES string of the molecule is Cc1ccc(C2(N)CC(C(C)C)C2)cc1C. The first-order valence-corrected chi connectivity index (χ1v) is 6.29. The third-order valence-corrected chi connectivity index (χ3v) is 4.28. The molecule has 0 atom stereocenters. The van der Waals surface area contributed by atoms with Gasteiger partial charge in [-0.15, -0.1) is 0 Å². The van der Waals surface area contributed by atoms with Crippen molar-refractivity contribution in [2.24, 2.45) is 17.6 Å². The van der Waals surface area contributed by atoms with E-state index < -0.39 is 0 Å². The number of nitrogens with two attached hydrogens (primary N) is 1. The minimum atomic E-state index is -0.0482. The predicted octanol–water partition coefficient (Wildman–Crippen LogP) is 3.52. The molecule has 0 bridgehead atoms. The number of benzene rings is 1. The van der Waals surface area contributed by atoms with Gasteiger partial charge < -0.3 is 5.73 Å². The molecule has 1 heteroatoms. The van der Waals surface area contributed by atoms with Gasteiger partial charge in [-0.3, -0.25) is 0 Å². The zero-order valence-electron chi connectivity index (χ0n) is 10.9. The first-order chi connectivity index (χ1) is 7.42. The first kappa shape index (κ1) is 11.7. The number of hydrogen-bond acceptors (Lipinski definition) is 1. The number of aryl methyl sites for hydroxylation is 2. The Morgan fingerprint density at radius 1 is 1.19 bits per heavy atom. The average Bonchev–Trinajstić information content (AvgIpc) is 2.17. The van der Waals surface area contributed by atoms with E-state index in [1.54, 1.807) is 0 Å². The first-order valence-electron chi connectivity index (χ1n) is 6.29. The second kappa shape index (κ2) is 3.89. The maximum Gasteiger partial charge on any atom is 0.0415 e. The summed E-state index contributed by atoms with van der Waals surface area (Å²) >= 11 is 0. The molecular formula is C15H23N. The fourth-order valence-electron chi connectivity index (χ4n) is 2.63. The van der Waals surface area contributed by atoms with Crippen molar-refractivity contribution in [1.82, 2.24) is 0 Å². The smallest absolute Gasteiger partial charge is 0.0415 e. The van der Waals surface area contributed by atoms with Crippen molar-refractivity contribution in [3.63, 3.8) is 0 Å². The van der Waals surface area contributed by atoms with Gasteiger partial charge in [0.1, 0.15) is 0 Å². The third-order valence-electron chi connectivity index (χ3n) is 4.28. The van der Waals surface area contributed by atoms with Crippen molar-refractivity contribution < 1.29 is 0 Å². The van der Waals surface area contributed by atoms with Gasteiger partial charge in [-0.25, -0.2) is 0 Å². The van der Waals surface area contributed by atoms with E-state index in [0.29, 0.717) is 0 Å². The summed E-state index contributed by atoms with van der Waals surface area (Å²) in [7, 11) is 0. The van der Waals surface area contributed by atoms with Gasteiger partial charge in [0.15, 0.2) is 0 Å². The highest BCUT2D eigenvalue weighted by Gasteiger charge is 2.43. The van der Waals surface area contributed by atoms with Gasteiger partial charge in [0.25, 0.3) is 0 Å². The van der Waals surface area contributed by atoms with Crippen molar-refractivity contribution >= 4 is 0 Å². The van der Waals surface area contributed by atoms with Gasteiger partial charge in [-0.2, -0.15) is 0 Å². The Hall–Kier alpha value is -0.820. The molecule has 2 rings (SSSR count). The highest BCUT2D eigenvalue weighted by molar-refractivity contribution is 5.35. The number of rotatable bonds is 2. The molecule has 0 spiro atoms. The van der Waals surface area contributed by atoms with Gasteiger partial charge in [0.2, 0.25) is 0 Å². The van der Waals surface area contributed by atoms with Gasteiger partial charge in [0.05, 0.1) is 0 Å². The standard InChI is InChI=1S/C15H23N/c1-10(2)13-8-15(16,9-13)14-6-5-11(3)12(4)7-14/h5-7,10,13H,8-9,16H2,1-4H3. The van der Waals surface area contributed by atoms with Crippen LogP contribution in [-0.2, 0) is 5.54 Å². The third kappa shape index (κ3) is 1.89. The minimum absolute atomic E-state index is 0.0482. The second-order valence-corrected chi connectivity index (χ2v) is 5.87. The molecule has 16 heavy (non-hydrogen) atoms. The molecule has 0 saturated heterocycles. The van der Waals surface area contributed by atoms with Gasteiger partial charge in [-0.1, -0.05) is 32.0 Å². The van der Waals surface area contributed by atoms with Crippen molar-refractivity contribution in [1.29, 1.82) is 0 Å². The van der Waals surface area contributed by atoms with E-state index in [4.69, 9.17) is 5.73 Å². The Balaban J connectivity index is 2.17. The van der Waals surface area contributed by atoms with Crippen molar-refractivity contribution in [3.05, 3.63) is 34.9 Å². The van der Waals surface area contributed by atoms with Crippen LogP contribution in [0.15, 0.2) is 18.2 Å². The molecule has 0 heterocycles. The summed E-state index contributed by atoms with van der Waals surface area (Å²) in [5.74, 6) is 1.58. The van der Waals surface area contributed by atoms with Crippen LogP contribution in [0.2, 0.25) is 0 Å². The fourth-order valence-corrected chi connectivity index (χ4v) is 2.63. The van der Waals surface area contributed by atoms with Crippen LogP contribution >= 0.6 is 0 Å². The second-order valence-electron chi connectivity index (χ2n) is 5.87. The largest absolute Gasteiger partial charge is 0.321 e. The van der Waals surface area contributed by atoms with Crippen LogP contribution < -0.4 is 5.73 Å². The normalized spacial score (nSPS) is 29.2. The minimum Gasteiger partial charge on any atom is -0.321 e. The Kier molecular flexibility index (Phi) is 2.83. The van der Waals surface area contributed by atoms with E-state index in [1.807, 2.05) is 0 Å². The molecule has 0 unspecified atom stereocenters. The molecule has 0 aliphatic heterocycles. The van der Waals surface area contributed by atoms with Crippen molar-refractivity contribution in [2.75, 3.05) is 0 Å². The van der Waals surface area contributed by atoms with Crippen LogP contribution in [0.3, 0.4) is 0 Å². The lowest BCUT2D eigenvalue weighted by molar-refractivity contribution is 0.105. The Morgan fingerprint density at radius 3 is 2.31 bits per heavy atom. The maximum absolute atomic E-state index is 6.47. The van der Waals surface area contributed by atoms with Crippen LogP contribution in [-0.4, -0.2) is 0 Å². The Labute approximate surface area is 99.0 Å². The van der Waals surface area contributed by atoms with Crippen LogP contribution in [0.5, 0.6) is 0 Å². The molecule has 2 N–H and O–H groups in total. The lowest BCUT2D eigenvalue weighted by Crippen LogP contribution is -2.50. The van der Waals surface area contributed by atoms with E-state index in [9.17, 15) is 0 Å². The van der Waals surface area contributed by atoms with E-state index in [2.05, 4.69) is 45.9 Å². The van der Waals surface area contributed by atoms with Gasteiger partial charge >= 0.3 is 0 Å². The van der Waals surface area contributed by atoms with E-state index in [-0.39, 0.29) is 5.54 Å². The molecule has 0 radical (unpaired) electrons. The summed E-state index contributed by atoms with van der Waals surface area (Å²) in [6.07, 6.45) is 2.29. The van der Waals surface area contributed by atoms with Crippen LogP contribution in [0.25, 0.3) is 0 Å². The fraction of sp³-hybridized carbons (Fsp3) is 0.600. The Bertz CT molecular complexity index is 386. The van der Waals surface area contributed by atoms with Crippen LogP contribution in [0.4, 0.5) is 0 Å². The monoisotopic (exact) mass is 217 g/mol. The molecule has 1 aromatic rings. The zero-order valence-corrected chi connectivity index (χ0v) is 10.9. The predicted molar refractivity (Wildman–Crippen MR) is 69.3 cm³/mol. The molecule has 1 aliphatic carbocycles. The zero-order chi connectivity index (χ0) is 11.9. The molecule has 1 saturated carbocycles.